The summed E-state index contributed by atoms with van der Waals surface area (Å²) in [5.41, 5.74) is 5.86. The van der Waals surface area contributed by atoms with Crippen LogP contribution in [0.5, 0.6) is 5.75 Å². The number of alkyl halides is 3. The first-order valence-corrected chi connectivity index (χ1v) is 5.86. The van der Waals surface area contributed by atoms with E-state index in [-0.39, 0.29) is 11.6 Å². The number of halogens is 4. The molecule has 1 aromatic rings. The Balaban J connectivity index is 3.00. The summed E-state index contributed by atoms with van der Waals surface area (Å²) < 4.78 is 40.0. The van der Waals surface area contributed by atoms with Gasteiger partial charge in [-0.15, -0.1) is 13.2 Å². The van der Waals surface area contributed by atoms with E-state index in [9.17, 15) is 18.3 Å². The molecule has 0 fully saturated rings. The quantitative estimate of drug-likeness (QED) is 0.897. The van der Waals surface area contributed by atoms with Crippen molar-refractivity contribution in [3.63, 3.8) is 0 Å². The van der Waals surface area contributed by atoms with Crippen molar-refractivity contribution in [3.05, 3.63) is 28.8 Å². The van der Waals surface area contributed by atoms with E-state index in [0.29, 0.717) is 5.56 Å². The smallest absolute Gasteiger partial charge is 0.404 e. The molecule has 0 aliphatic rings. The van der Waals surface area contributed by atoms with E-state index in [4.69, 9.17) is 17.3 Å². The predicted molar refractivity (Wildman–Crippen MR) is 65.9 cm³/mol. The maximum atomic E-state index is 12.1. The Morgan fingerprint density at radius 1 is 1.37 bits per heavy atom. The Morgan fingerprint density at radius 3 is 2.37 bits per heavy atom. The molecule has 3 nitrogen and oxygen atoms in total. The van der Waals surface area contributed by atoms with Crippen molar-refractivity contribution in [2.75, 3.05) is 6.61 Å². The number of ether oxygens (including phenoxy) is 1. The minimum atomic E-state index is -4.79. The molecule has 7 heteroatoms. The summed E-state index contributed by atoms with van der Waals surface area (Å²) in [6.45, 7) is 3.32. The van der Waals surface area contributed by atoms with Gasteiger partial charge >= 0.3 is 6.36 Å². The van der Waals surface area contributed by atoms with Gasteiger partial charge in [0.25, 0.3) is 0 Å². The Kier molecular flexibility index (Phi) is 4.71. The third-order valence-electron chi connectivity index (χ3n) is 2.79. The minimum Gasteiger partial charge on any atom is -0.404 e. The fourth-order valence-electron chi connectivity index (χ4n) is 1.47. The lowest BCUT2D eigenvalue weighted by Gasteiger charge is -2.30. The topological polar surface area (TPSA) is 55.5 Å². The second kappa shape index (κ2) is 5.56. The molecule has 3 N–H and O–H groups in total. The molecule has 108 valence electrons. The molecule has 0 saturated carbocycles. The maximum absolute atomic E-state index is 12.1. The van der Waals surface area contributed by atoms with Gasteiger partial charge in [0.05, 0.1) is 5.02 Å². The van der Waals surface area contributed by atoms with Gasteiger partial charge in [-0.25, -0.2) is 0 Å². The van der Waals surface area contributed by atoms with Crippen LogP contribution in [0.1, 0.15) is 25.5 Å². The zero-order chi connectivity index (χ0) is 14.8. The Labute approximate surface area is 114 Å². The van der Waals surface area contributed by atoms with E-state index in [1.807, 2.05) is 0 Å². The summed E-state index contributed by atoms with van der Waals surface area (Å²) in [7, 11) is 0. The van der Waals surface area contributed by atoms with Crippen LogP contribution in [0, 0.1) is 5.41 Å². The normalized spacial score (nSPS) is 14.3. The molecule has 0 aromatic heterocycles. The first-order valence-electron chi connectivity index (χ1n) is 5.48. The van der Waals surface area contributed by atoms with Crippen LogP contribution >= 0.6 is 11.6 Å². The molecule has 0 radical (unpaired) electrons. The third kappa shape index (κ3) is 4.26. The summed E-state index contributed by atoms with van der Waals surface area (Å²) in [4.78, 5) is 0. The van der Waals surface area contributed by atoms with Crippen molar-refractivity contribution < 1.29 is 23.0 Å². The van der Waals surface area contributed by atoms with E-state index < -0.39 is 23.6 Å². The van der Waals surface area contributed by atoms with Crippen LogP contribution in [0.15, 0.2) is 18.2 Å². The van der Waals surface area contributed by atoms with Gasteiger partial charge in [0, 0.05) is 18.1 Å². The van der Waals surface area contributed by atoms with Crippen LogP contribution in [-0.2, 0) is 0 Å². The van der Waals surface area contributed by atoms with Gasteiger partial charge in [0.1, 0.15) is 5.75 Å². The fourth-order valence-corrected chi connectivity index (χ4v) is 1.70. The molecule has 1 rings (SSSR count). The SMILES string of the molecule is CC(C)(CO)[C@H](N)c1ccc(OC(F)(F)F)c(Cl)c1. The summed E-state index contributed by atoms with van der Waals surface area (Å²) in [6, 6.07) is 3.26. The van der Waals surface area contributed by atoms with Crippen LogP contribution in [0.3, 0.4) is 0 Å². The van der Waals surface area contributed by atoms with Crippen LogP contribution < -0.4 is 10.5 Å². The Morgan fingerprint density at radius 2 is 1.95 bits per heavy atom. The second-order valence-corrected chi connectivity index (χ2v) is 5.27. The van der Waals surface area contributed by atoms with E-state index in [1.54, 1.807) is 13.8 Å². The predicted octanol–water partition coefficient (Wildman–Crippen LogP) is 3.26. The number of aliphatic hydroxyl groups excluding tert-OH is 1. The summed E-state index contributed by atoms with van der Waals surface area (Å²) in [5, 5.41) is 9.03. The van der Waals surface area contributed by atoms with Crippen LogP contribution in [0.2, 0.25) is 5.02 Å². The molecule has 0 bridgehead atoms. The average Bonchev–Trinajstić information content (AvgIpc) is 2.29. The fraction of sp³-hybridized carbons (Fsp3) is 0.500. The number of aliphatic hydroxyl groups is 1. The number of nitrogens with two attached hydrogens (primary N) is 1. The highest BCUT2D eigenvalue weighted by molar-refractivity contribution is 6.32. The summed E-state index contributed by atoms with van der Waals surface area (Å²) >= 11 is 5.73. The molecule has 0 aliphatic heterocycles. The number of hydrogen-bond acceptors (Lipinski definition) is 3. The van der Waals surface area contributed by atoms with Crippen molar-refractivity contribution in [2.45, 2.75) is 26.3 Å². The van der Waals surface area contributed by atoms with Crippen LogP contribution in [0.25, 0.3) is 0 Å². The van der Waals surface area contributed by atoms with Gasteiger partial charge in [0.2, 0.25) is 0 Å². The van der Waals surface area contributed by atoms with Gasteiger partial charge in [-0.05, 0) is 17.7 Å². The molecule has 0 spiro atoms. The van der Waals surface area contributed by atoms with Crippen molar-refractivity contribution in [2.24, 2.45) is 11.1 Å². The van der Waals surface area contributed by atoms with Gasteiger partial charge in [-0.1, -0.05) is 31.5 Å². The highest BCUT2D eigenvalue weighted by Gasteiger charge is 2.33. The van der Waals surface area contributed by atoms with Crippen molar-refractivity contribution >= 4 is 11.6 Å². The third-order valence-corrected chi connectivity index (χ3v) is 3.09. The standard InChI is InChI=1S/C12H15ClF3NO2/c1-11(2,6-18)10(17)7-3-4-9(8(13)5-7)19-12(14,15)16/h3-5,10,18H,6,17H2,1-2H3/t10-/m1/s1. The average molecular weight is 298 g/mol. The molecule has 0 unspecified atom stereocenters. The Bertz CT molecular complexity index is 449. The lowest BCUT2D eigenvalue weighted by atomic mass is 9.82. The number of rotatable bonds is 4. The highest BCUT2D eigenvalue weighted by atomic mass is 35.5. The maximum Gasteiger partial charge on any atom is 0.573 e. The molecule has 0 aliphatic carbocycles. The molecule has 1 aromatic carbocycles. The Hall–Kier alpha value is -0.980. The van der Waals surface area contributed by atoms with Gasteiger partial charge in [-0.2, -0.15) is 0 Å². The lowest BCUT2D eigenvalue weighted by Crippen LogP contribution is -2.32. The van der Waals surface area contributed by atoms with Crippen molar-refractivity contribution in [1.29, 1.82) is 0 Å². The zero-order valence-electron chi connectivity index (χ0n) is 10.5. The molecule has 0 saturated heterocycles. The van der Waals surface area contributed by atoms with Gasteiger partial charge < -0.3 is 15.6 Å². The molecule has 1 atom stereocenters. The number of hydrogen-bond donors (Lipinski definition) is 2. The monoisotopic (exact) mass is 297 g/mol. The zero-order valence-corrected chi connectivity index (χ0v) is 11.2. The van der Waals surface area contributed by atoms with Crippen LogP contribution in [0.4, 0.5) is 13.2 Å². The largest absolute Gasteiger partial charge is 0.573 e. The molecular weight excluding hydrogens is 283 g/mol. The first kappa shape index (κ1) is 16.1. The molecule has 0 amide bonds. The van der Waals surface area contributed by atoms with Gasteiger partial charge in [0.15, 0.2) is 0 Å². The number of benzene rings is 1. The molecular formula is C12H15ClF3NO2. The lowest BCUT2D eigenvalue weighted by molar-refractivity contribution is -0.274. The van der Waals surface area contributed by atoms with Crippen molar-refractivity contribution in [3.8, 4) is 5.75 Å². The highest BCUT2D eigenvalue weighted by Crippen LogP contribution is 2.36. The van der Waals surface area contributed by atoms with E-state index in [2.05, 4.69) is 4.74 Å². The minimum absolute atomic E-state index is 0.160. The van der Waals surface area contributed by atoms with E-state index in [1.165, 1.54) is 12.1 Å². The van der Waals surface area contributed by atoms with Gasteiger partial charge in [-0.3, -0.25) is 0 Å². The second-order valence-electron chi connectivity index (χ2n) is 4.86. The molecule has 0 heterocycles. The van der Waals surface area contributed by atoms with E-state index >= 15 is 0 Å². The van der Waals surface area contributed by atoms with Crippen LogP contribution in [-0.4, -0.2) is 18.1 Å². The summed E-state index contributed by atoms with van der Waals surface area (Å²) in [6.07, 6.45) is -4.79. The summed E-state index contributed by atoms with van der Waals surface area (Å²) in [5.74, 6) is -0.480. The molecule has 19 heavy (non-hydrogen) atoms. The first-order chi connectivity index (χ1) is 8.57. The van der Waals surface area contributed by atoms with E-state index in [0.717, 1.165) is 6.07 Å². The van der Waals surface area contributed by atoms with Crippen molar-refractivity contribution in [1.82, 2.24) is 0 Å².